The summed E-state index contributed by atoms with van der Waals surface area (Å²) < 4.78 is 3.49. The van der Waals surface area contributed by atoms with E-state index in [1.54, 1.807) is 21.6 Å². The highest BCUT2D eigenvalue weighted by atomic mass is 16.1. The second-order valence-corrected chi connectivity index (χ2v) is 5.43. The molecule has 1 N–H and O–H groups in total. The Labute approximate surface area is 132 Å². The molecule has 23 heavy (non-hydrogen) atoms. The minimum atomic E-state index is -0.154. The first-order valence-electron chi connectivity index (χ1n) is 7.33. The Morgan fingerprint density at radius 3 is 2.74 bits per heavy atom. The summed E-state index contributed by atoms with van der Waals surface area (Å²) in [4.78, 5) is 19.4. The van der Waals surface area contributed by atoms with Crippen LogP contribution in [0.25, 0.3) is 22.4 Å². The molecule has 0 aliphatic heterocycles. The number of hydrogen-bond donors (Lipinski definition) is 1. The standard InChI is InChI=1S/C17H15N5O/c1-21-14(7-8-19-21)13-9-15-16(18-10-13)20-17(23)22(15)11-12-5-3-2-4-6-12/h2-10H,11H2,1H3,(H,18,20,23). The fourth-order valence-electron chi connectivity index (χ4n) is 2.75. The number of pyridine rings is 1. The third kappa shape index (κ3) is 2.34. The van der Waals surface area contributed by atoms with E-state index >= 15 is 0 Å². The smallest absolute Gasteiger partial charge is 0.290 e. The molecule has 0 aliphatic rings. The fraction of sp³-hybridized carbons (Fsp3) is 0.118. The Hall–Kier alpha value is -3.15. The average Bonchev–Trinajstić information content (AvgIpc) is 3.12. The van der Waals surface area contributed by atoms with Crippen molar-refractivity contribution in [3.05, 3.63) is 70.9 Å². The molecule has 0 saturated carbocycles. The molecule has 0 bridgehead atoms. The van der Waals surface area contributed by atoms with Crippen LogP contribution in [-0.2, 0) is 13.6 Å². The van der Waals surface area contributed by atoms with Gasteiger partial charge >= 0.3 is 5.69 Å². The van der Waals surface area contributed by atoms with Gasteiger partial charge in [-0.05, 0) is 17.7 Å². The van der Waals surface area contributed by atoms with Crippen molar-refractivity contribution < 1.29 is 0 Å². The second kappa shape index (κ2) is 5.24. The van der Waals surface area contributed by atoms with E-state index in [0.717, 1.165) is 22.3 Å². The summed E-state index contributed by atoms with van der Waals surface area (Å²) in [5.74, 6) is 0. The number of rotatable bonds is 3. The van der Waals surface area contributed by atoms with Gasteiger partial charge in [0.15, 0.2) is 5.65 Å². The van der Waals surface area contributed by atoms with Crippen molar-refractivity contribution in [2.24, 2.45) is 7.05 Å². The molecule has 114 valence electrons. The van der Waals surface area contributed by atoms with Gasteiger partial charge in [-0.15, -0.1) is 0 Å². The second-order valence-electron chi connectivity index (χ2n) is 5.43. The van der Waals surface area contributed by atoms with Crippen LogP contribution in [0.5, 0.6) is 0 Å². The quantitative estimate of drug-likeness (QED) is 0.631. The Kier molecular flexibility index (Phi) is 3.08. The number of aryl methyl sites for hydroxylation is 1. The summed E-state index contributed by atoms with van der Waals surface area (Å²) in [6.07, 6.45) is 3.50. The summed E-state index contributed by atoms with van der Waals surface area (Å²) >= 11 is 0. The molecule has 4 aromatic rings. The van der Waals surface area contributed by atoms with Gasteiger partial charge in [0.1, 0.15) is 0 Å². The molecule has 0 unspecified atom stereocenters. The van der Waals surface area contributed by atoms with E-state index in [1.807, 2.05) is 49.5 Å². The summed E-state index contributed by atoms with van der Waals surface area (Å²) in [6, 6.07) is 13.8. The number of aromatic amines is 1. The van der Waals surface area contributed by atoms with Gasteiger partial charge in [0.2, 0.25) is 0 Å². The van der Waals surface area contributed by atoms with Crippen LogP contribution in [0.3, 0.4) is 0 Å². The van der Waals surface area contributed by atoms with E-state index in [0.29, 0.717) is 12.2 Å². The maximum atomic E-state index is 12.3. The number of fused-ring (bicyclic) bond motifs is 1. The Morgan fingerprint density at radius 2 is 2.00 bits per heavy atom. The molecule has 0 radical (unpaired) electrons. The van der Waals surface area contributed by atoms with Crippen LogP contribution in [0.2, 0.25) is 0 Å². The lowest BCUT2D eigenvalue weighted by Gasteiger charge is -2.05. The third-order valence-electron chi connectivity index (χ3n) is 3.93. The summed E-state index contributed by atoms with van der Waals surface area (Å²) in [5, 5.41) is 4.18. The minimum Gasteiger partial charge on any atom is -0.290 e. The van der Waals surface area contributed by atoms with Gasteiger partial charge in [-0.2, -0.15) is 5.10 Å². The molecule has 0 spiro atoms. The topological polar surface area (TPSA) is 68.5 Å². The Balaban J connectivity index is 1.86. The first kappa shape index (κ1) is 13.5. The van der Waals surface area contributed by atoms with E-state index in [1.165, 1.54) is 0 Å². The summed E-state index contributed by atoms with van der Waals surface area (Å²) in [7, 11) is 1.88. The zero-order valence-corrected chi connectivity index (χ0v) is 12.6. The molecule has 6 nitrogen and oxygen atoms in total. The molecule has 0 aliphatic carbocycles. The predicted octanol–water partition coefficient (Wildman–Crippen LogP) is 2.17. The zero-order valence-electron chi connectivity index (χ0n) is 12.6. The summed E-state index contributed by atoms with van der Waals surface area (Å²) in [5.41, 5.74) is 4.19. The van der Waals surface area contributed by atoms with E-state index < -0.39 is 0 Å². The van der Waals surface area contributed by atoms with Gasteiger partial charge in [-0.3, -0.25) is 14.2 Å². The Morgan fingerprint density at radius 1 is 1.17 bits per heavy atom. The molecule has 4 rings (SSSR count). The van der Waals surface area contributed by atoms with Gasteiger partial charge in [0.05, 0.1) is 17.8 Å². The number of imidazole rings is 1. The number of hydrogen-bond acceptors (Lipinski definition) is 3. The minimum absolute atomic E-state index is 0.154. The maximum Gasteiger partial charge on any atom is 0.327 e. The van der Waals surface area contributed by atoms with Gasteiger partial charge in [-0.25, -0.2) is 9.78 Å². The van der Waals surface area contributed by atoms with Gasteiger partial charge in [-0.1, -0.05) is 30.3 Å². The number of nitrogens with zero attached hydrogens (tertiary/aromatic N) is 4. The SMILES string of the molecule is Cn1nccc1-c1cnc2[nH]c(=O)n(Cc3ccccc3)c2c1. The number of benzene rings is 1. The molecule has 0 atom stereocenters. The average molecular weight is 305 g/mol. The molecular formula is C17H15N5O. The van der Waals surface area contributed by atoms with Crippen molar-refractivity contribution in [1.82, 2.24) is 24.3 Å². The first-order valence-corrected chi connectivity index (χ1v) is 7.33. The monoisotopic (exact) mass is 305 g/mol. The van der Waals surface area contributed by atoms with Crippen molar-refractivity contribution in [3.8, 4) is 11.3 Å². The lowest BCUT2D eigenvalue weighted by molar-refractivity contribution is 0.774. The molecule has 1 aromatic carbocycles. The van der Waals surface area contributed by atoms with Crippen LogP contribution in [0, 0.1) is 0 Å². The van der Waals surface area contributed by atoms with Crippen LogP contribution in [-0.4, -0.2) is 24.3 Å². The van der Waals surface area contributed by atoms with Gasteiger partial charge < -0.3 is 0 Å². The van der Waals surface area contributed by atoms with Gasteiger partial charge in [0.25, 0.3) is 0 Å². The highest BCUT2D eigenvalue weighted by Gasteiger charge is 2.11. The van der Waals surface area contributed by atoms with Crippen molar-refractivity contribution in [1.29, 1.82) is 0 Å². The normalized spacial score (nSPS) is 11.2. The van der Waals surface area contributed by atoms with Crippen LogP contribution < -0.4 is 5.69 Å². The number of aromatic nitrogens is 5. The zero-order chi connectivity index (χ0) is 15.8. The van der Waals surface area contributed by atoms with E-state index in [4.69, 9.17) is 0 Å². The van der Waals surface area contributed by atoms with Crippen LogP contribution in [0.4, 0.5) is 0 Å². The largest absolute Gasteiger partial charge is 0.327 e. The van der Waals surface area contributed by atoms with Crippen molar-refractivity contribution >= 4 is 11.2 Å². The lowest BCUT2D eigenvalue weighted by atomic mass is 10.2. The van der Waals surface area contributed by atoms with Gasteiger partial charge in [0, 0.05) is 25.0 Å². The predicted molar refractivity (Wildman–Crippen MR) is 88.1 cm³/mol. The lowest BCUT2D eigenvalue weighted by Crippen LogP contribution is -2.17. The number of nitrogens with one attached hydrogen (secondary N) is 1. The highest BCUT2D eigenvalue weighted by Crippen LogP contribution is 2.21. The van der Waals surface area contributed by atoms with E-state index in [-0.39, 0.29) is 5.69 Å². The Bertz CT molecular complexity index is 1030. The molecular weight excluding hydrogens is 290 g/mol. The maximum absolute atomic E-state index is 12.3. The van der Waals surface area contributed by atoms with Crippen molar-refractivity contribution in [2.45, 2.75) is 6.54 Å². The highest BCUT2D eigenvalue weighted by molar-refractivity contribution is 5.77. The molecule has 3 heterocycles. The van der Waals surface area contributed by atoms with E-state index in [9.17, 15) is 4.79 Å². The first-order chi connectivity index (χ1) is 11.2. The molecule has 6 heteroatoms. The van der Waals surface area contributed by atoms with Crippen molar-refractivity contribution in [3.63, 3.8) is 0 Å². The molecule has 0 fully saturated rings. The van der Waals surface area contributed by atoms with E-state index in [2.05, 4.69) is 15.1 Å². The number of H-pyrrole nitrogens is 1. The summed E-state index contributed by atoms with van der Waals surface area (Å²) in [6.45, 7) is 0.510. The van der Waals surface area contributed by atoms with Crippen LogP contribution in [0.1, 0.15) is 5.56 Å². The fourth-order valence-corrected chi connectivity index (χ4v) is 2.75. The third-order valence-corrected chi connectivity index (χ3v) is 3.93. The van der Waals surface area contributed by atoms with Crippen LogP contribution in [0.15, 0.2) is 59.7 Å². The molecule has 3 aromatic heterocycles. The molecule has 0 amide bonds. The van der Waals surface area contributed by atoms with Crippen molar-refractivity contribution in [2.75, 3.05) is 0 Å². The van der Waals surface area contributed by atoms with Crippen LogP contribution >= 0.6 is 0 Å². The molecule has 0 saturated heterocycles.